The summed E-state index contributed by atoms with van der Waals surface area (Å²) < 4.78 is 6.85. The topological polar surface area (TPSA) is 132 Å². The lowest BCUT2D eigenvalue weighted by atomic mass is 10.1. The number of nitrogens with zero attached hydrogens (tertiary/aromatic N) is 6. The van der Waals surface area contributed by atoms with Crippen molar-refractivity contribution in [3.05, 3.63) is 47.9 Å². The van der Waals surface area contributed by atoms with Crippen LogP contribution < -0.4 is 16.0 Å². The predicted octanol–water partition coefficient (Wildman–Crippen LogP) is 2.00. The van der Waals surface area contributed by atoms with E-state index in [9.17, 15) is 4.79 Å². The number of aryl methyl sites for hydroxylation is 1. The normalized spacial score (nSPS) is 12.6. The second-order valence-electron chi connectivity index (χ2n) is 7.33. The highest BCUT2D eigenvalue weighted by atomic mass is 16.5. The van der Waals surface area contributed by atoms with E-state index in [1.807, 2.05) is 17.7 Å². The molecule has 162 valence electrons. The number of methoxy groups -OCH3 is 1. The summed E-state index contributed by atoms with van der Waals surface area (Å²) >= 11 is 0. The molecule has 0 amide bonds. The van der Waals surface area contributed by atoms with Gasteiger partial charge in [0.25, 0.3) is 0 Å². The van der Waals surface area contributed by atoms with E-state index in [2.05, 4.69) is 40.9 Å². The molecule has 4 aromatic heterocycles. The summed E-state index contributed by atoms with van der Waals surface area (Å²) in [5.41, 5.74) is 5.51. The minimum Gasteiger partial charge on any atom is -0.464 e. The number of pyridine rings is 2. The summed E-state index contributed by atoms with van der Waals surface area (Å²) in [6, 6.07) is 1.98. The van der Waals surface area contributed by atoms with Gasteiger partial charge in [-0.15, -0.1) is 0 Å². The van der Waals surface area contributed by atoms with Crippen molar-refractivity contribution in [2.75, 3.05) is 24.8 Å². The van der Waals surface area contributed by atoms with Gasteiger partial charge in [0.2, 0.25) is 0 Å². The summed E-state index contributed by atoms with van der Waals surface area (Å²) in [7, 11) is 4.94. The van der Waals surface area contributed by atoms with Crippen LogP contribution in [0.3, 0.4) is 0 Å². The van der Waals surface area contributed by atoms with Crippen LogP contribution in [0.15, 0.2) is 31.0 Å². The molecule has 0 aliphatic carbocycles. The van der Waals surface area contributed by atoms with Crippen LogP contribution >= 0.6 is 0 Å². The molecular formula is C21H21N9O2. The molecule has 3 N–H and O–H groups in total. The number of nitrogens with one attached hydrogen (secondary N) is 3. The third-order valence-corrected chi connectivity index (χ3v) is 5.34. The van der Waals surface area contributed by atoms with E-state index < -0.39 is 5.97 Å². The molecule has 5 heterocycles. The molecule has 11 heteroatoms. The monoisotopic (exact) mass is 431 g/mol. The van der Waals surface area contributed by atoms with Crippen LogP contribution in [0.4, 0.5) is 17.3 Å². The highest BCUT2D eigenvalue weighted by molar-refractivity contribution is 5.98. The van der Waals surface area contributed by atoms with Gasteiger partial charge in [0.1, 0.15) is 11.2 Å². The molecule has 0 fully saturated rings. The fraction of sp³-hybridized carbons (Fsp3) is 0.238. The van der Waals surface area contributed by atoms with Crippen LogP contribution in [0.5, 0.6) is 0 Å². The molecule has 5 rings (SSSR count). The number of carbonyl (C=O) groups is 1. The van der Waals surface area contributed by atoms with Crippen LogP contribution in [0.1, 0.15) is 21.7 Å². The van der Waals surface area contributed by atoms with Gasteiger partial charge in [-0.3, -0.25) is 9.97 Å². The lowest BCUT2D eigenvalue weighted by Gasteiger charge is -2.15. The summed E-state index contributed by atoms with van der Waals surface area (Å²) in [5, 5.41) is 9.50. The fourth-order valence-corrected chi connectivity index (χ4v) is 3.71. The Morgan fingerprint density at radius 3 is 2.84 bits per heavy atom. The molecular weight excluding hydrogens is 410 g/mol. The number of fused-ring (bicyclic) bond motifs is 2. The minimum absolute atomic E-state index is 0.0491. The SMILES string of the molecule is CNc1nc(Nc2cnc3c(c2)CNC3)c(C(=O)OC)nc1-c1cncc2c1ncn2C. The summed E-state index contributed by atoms with van der Waals surface area (Å²) in [5.74, 6) is 0.121. The highest BCUT2D eigenvalue weighted by Gasteiger charge is 2.23. The molecule has 0 aromatic carbocycles. The molecule has 0 saturated carbocycles. The average Bonchev–Trinajstić information content (AvgIpc) is 3.44. The van der Waals surface area contributed by atoms with E-state index in [4.69, 9.17) is 4.74 Å². The van der Waals surface area contributed by atoms with Crippen molar-refractivity contribution in [3.8, 4) is 11.3 Å². The summed E-state index contributed by atoms with van der Waals surface area (Å²) in [4.78, 5) is 35.1. The first-order chi connectivity index (χ1) is 15.6. The molecule has 4 aromatic rings. The van der Waals surface area contributed by atoms with Gasteiger partial charge >= 0.3 is 5.97 Å². The molecule has 0 bridgehead atoms. The zero-order chi connectivity index (χ0) is 22.2. The number of hydrogen-bond donors (Lipinski definition) is 3. The highest BCUT2D eigenvalue weighted by Crippen LogP contribution is 2.32. The largest absolute Gasteiger partial charge is 0.464 e. The van der Waals surface area contributed by atoms with Crippen LogP contribution in [0, 0.1) is 0 Å². The molecule has 1 aliphatic heterocycles. The Morgan fingerprint density at radius 1 is 1.16 bits per heavy atom. The van der Waals surface area contributed by atoms with Gasteiger partial charge in [-0.05, 0) is 11.6 Å². The zero-order valence-corrected chi connectivity index (χ0v) is 17.8. The smallest absolute Gasteiger partial charge is 0.360 e. The Labute approximate surface area is 183 Å². The first kappa shape index (κ1) is 19.8. The molecule has 32 heavy (non-hydrogen) atoms. The molecule has 11 nitrogen and oxygen atoms in total. The lowest BCUT2D eigenvalue weighted by molar-refractivity contribution is 0.0595. The van der Waals surface area contributed by atoms with E-state index in [0.717, 1.165) is 29.9 Å². The average molecular weight is 431 g/mol. The quantitative estimate of drug-likeness (QED) is 0.403. The zero-order valence-electron chi connectivity index (χ0n) is 17.8. The Balaban J connectivity index is 1.64. The number of esters is 1. The van der Waals surface area contributed by atoms with Crippen molar-refractivity contribution in [3.63, 3.8) is 0 Å². The van der Waals surface area contributed by atoms with Crippen LogP contribution in [-0.4, -0.2) is 49.6 Å². The number of anilines is 3. The van der Waals surface area contributed by atoms with Gasteiger partial charge in [-0.1, -0.05) is 0 Å². The van der Waals surface area contributed by atoms with E-state index in [1.54, 1.807) is 32.0 Å². The standard InChI is InChI=1S/C21H21N9O2/c1-22-19-17(13-7-24-9-15-16(13)26-10-30(15)2)28-18(21(31)32-3)20(29-19)27-12-4-11-5-23-8-14(11)25-6-12/h4,6-7,9-10,23H,5,8H2,1-3H3,(H2,22,27,29). The number of carbonyl (C=O) groups excluding carboxylic acids is 1. The summed E-state index contributed by atoms with van der Waals surface area (Å²) in [6.07, 6.45) is 6.80. The predicted molar refractivity (Wildman–Crippen MR) is 118 cm³/mol. The Bertz CT molecular complexity index is 1350. The third-order valence-electron chi connectivity index (χ3n) is 5.34. The molecule has 0 radical (unpaired) electrons. The van der Waals surface area contributed by atoms with Crippen LogP contribution in [0.2, 0.25) is 0 Å². The number of ether oxygens (including phenoxy) is 1. The maximum Gasteiger partial charge on any atom is 0.360 e. The van der Waals surface area contributed by atoms with Gasteiger partial charge in [0.05, 0.1) is 48.3 Å². The van der Waals surface area contributed by atoms with E-state index in [-0.39, 0.29) is 11.5 Å². The van der Waals surface area contributed by atoms with Crippen molar-refractivity contribution in [2.45, 2.75) is 13.1 Å². The van der Waals surface area contributed by atoms with Gasteiger partial charge in [-0.25, -0.2) is 19.7 Å². The van der Waals surface area contributed by atoms with Crippen LogP contribution in [-0.2, 0) is 24.9 Å². The molecule has 1 aliphatic rings. The van der Waals surface area contributed by atoms with Gasteiger partial charge in [0, 0.05) is 33.4 Å². The van der Waals surface area contributed by atoms with Crippen LogP contribution in [0.25, 0.3) is 22.3 Å². The number of aromatic nitrogens is 6. The third kappa shape index (κ3) is 3.28. The van der Waals surface area contributed by atoms with Crippen molar-refractivity contribution >= 4 is 34.3 Å². The Morgan fingerprint density at radius 2 is 2.03 bits per heavy atom. The number of rotatable bonds is 5. The minimum atomic E-state index is -0.610. The molecule has 0 atom stereocenters. The number of hydrogen-bond acceptors (Lipinski definition) is 10. The van der Waals surface area contributed by atoms with Crippen molar-refractivity contribution in [2.24, 2.45) is 7.05 Å². The van der Waals surface area contributed by atoms with Gasteiger partial charge < -0.3 is 25.3 Å². The first-order valence-electron chi connectivity index (χ1n) is 9.98. The Kier molecular flexibility index (Phi) is 4.86. The van der Waals surface area contributed by atoms with E-state index in [1.165, 1.54) is 7.11 Å². The second-order valence-corrected chi connectivity index (χ2v) is 7.33. The Hall–Kier alpha value is -4.12. The van der Waals surface area contributed by atoms with E-state index >= 15 is 0 Å². The molecule has 0 unspecified atom stereocenters. The van der Waals surface area contributed by atoms with Crippen molar-refractivity contribution in [1.82, 2.24) is 34.8 Å². The van der Waals surface area contributed by atoms with Gasteiger partial charge in [-0.2, -0.15) is 0 Å². The fourth-order valence-electron chi connectivity index (χ4n) is 3.71. The maximum atomic E-state index is 12.6. The van der Waals surface area contributed by atoms with Gasteiger partial charge in [0.15, 0.2) is 17.3 Å². The van der Waals surface area contributed by atoms with Crippen molar-refractivity contribution < 1.29 is 9.53 Å². The second kappa shape index (κ2) is 7.85. The summed E-state index contributed by atoms with van der Waals surface area (Å²) in [6.45, 7) is 1.49. The van der Waals surface area contributed by atoms with E-state index in [0.29, 0.717) is 28.3 Å². The first-order valence-corrected chi connectivity index (χ1v) is 9.98. The maximum absolute atomic E-state index is 12.6. The molecule has 0 saturated heterocycles. The number of imidazole rings is 1. The van der Waals surface area contributed by atoms with Crippen molar-refractivity contribution in [1.29, 1.82) is 0 Å². The lowest BCUT2D eigenvalue weighted by Crippen LogP contribution is -2.13. The molecule has 0 spiro atoms.